The van der Waals surface area contributed by atoms with Crippen LogP contribution in [0, 0.1) is 0 Å². The maximum atomic E-state index is 13.3. The zero-order valence-corrected chi connectivity index (χ0v) is 17.7. The van der Waals surface area contributed by atoms with Crippen LogP contribution in [0.2, 0.25) is 23.3 Å². The summed E-state index contributed by atoms with van der Waals surface area (Å²) in [4.78, 5) is 3.81. The van der Waals surface area contributed by atoms with Crippen molar-refractivity contribution in [3.63, 3.8) is 0 Å². The second-order valence-electron chi connectivity index (χ2n) is 7.12. The van der Waals surface area contributed by atoms with Crippen LogP contribution in [0.3, 0.4) is 0 Å². The van der Waals surface area contributed by atoms with Crippen LogP contribution in [-0.4, -0.2) is 32.1 Å². The number of aromatic nitrogens is 1. The summed E-state index contributed by atoms with van der Waals surface area (Å²) in [6.45, 7) is 10.2. The third-order valence-corrected chi connectivity index (χ3v) is 9.60. The van der Waals surface area contributed by atoms with Gasteiger partial charge in [0.1, 0.15) is 11.2 Å². The first-order valence-corrected chi connectivity index (χ1v) is 11.6. The standard InChI is InChI=1S/C15H23BrClF3N2OSi/c1-14(2,3)24(4,5)23-7-6-12(15(18,19)20)22-11-8-13(17)21-9-10(11)16/h8-9,12H,6-7H2,1-5H3,(H,21,22). The lowest BCUT2D eigenvalue weighted by atomic mass is 10.2. The first-order valence-electron chi connectivity index (χ1n) is 7.52. The van der Waals surface area contributed by atoms with E-state index in [1.165, 1.54) is 12.3 Å². The Balaban J connectivity index is 2.80. The molecular formula is C15H23BrClF3N2OSi. The Hall–Kier alpha value is -0.313. The van der Waals surface area contributed by atoms with Gasteiger partial charge in [-0.15, -0.1) is 0 Å². The molecule has 0 aliphatic carbocycles. The second-order valence-corrected chi connectivity index (χ2v) is 13.2. The number of hydrogen-bond acceptors (Lipinski definition) is 3. The van der Waals surface area contributed by atoms with Crippen LogP contribution in [0.5, 0.6) is 0 Å². The van der Waals surface area contributed by atoms with Crippen molar-refractivity contribution >= 4 is 41.5 Å². The number of halogens is 5. The Bertz CT molecular complexity index is 565. The monoisotopic (exact) mass is 446 g/mol. The van der Waals surface area contributed by atoms with E-state index in [0.717, 1.165) is 0 Å². The number of alkyl halides is 3. The average molecular weight is 448 g/mol. The van der Waals surface area contributed by atoms with Crippen molar-refractivity contribution in [2.45, 2.75) is 57.5 Å². The fourth-order valence-electron chi connectivity index (χ4n) is 1.68. The van der Waals surface area contributed by atoms with Gasteiger partial charge in [-0.05, 0) is 46.5 Å². The van der Waals surface area contributed by atoms with E-state index >= 15 is 0 Å². The van der Waals surface area contributed by atoms with Crippen molar-refractivity contribution < 1.29 is 17.6 Å². The first-order chi connectivity index (χ1) is 10.7. The predicted molar refractivity (Wildman–Crippen MR) is 98.2 cm³/mol. The van der Waals surface area contributed by atoms with Gasteiger partial charge in [0, 0.05) is 12.8 Å². The highest BCUT2D eigenvalue weighted by Gasteiger charge is 2.41. The Morgan fingerprint density at radius 3 is 2.42 bits per heavy atom. The minimum Gasteiger partial charge on any atom is -0.417 e. The molecule has 1 N–H and O–H groups in total. The van der Waals surface area contributed by atoms with Gasteiger partial charge in [0.25, 0.3) is 0 Å². The molecule has 1 heterocycles. The second kappa shape index (κ2) is 7.93. The molecule has 24 heavy (non-hydrogen) atoms. The molecule has 1 aromatic rings. The van der Waals surface area contributed by atoms with Crippen LogP contribution in [0.15, 0.2) is 16.7 Å². The molecule has 138 valence electrons. The van der Waals surface area contributed by atoms with Crippen LogP contribution in [0.4, 0.5) is 18.9 Å². The molecule has 0 bridgehead atoms. The Morgan fingerprint density at radius 2 is 1.92 bits per heavy atom. The van der Waals surface area contributed by atoms with Crippen molar-refractivity contribution in [2.24, 2.45) is 0 Å². The molecule has 1 aromatic heterocycles. The Kier molecular flexibility index (Phi) is 7.18. The SMILES string of the molecule is CC(C)(C)[Si](C)(C)OCCC(Nc1cc(Cl)ncc1Br)C(F)(F)F. The van der Waals surface area contributed by atoms with E-state index in [2.05, 4.69) is 47.0 Å². The number of rotatable bonds is 6. The molecule has 3 nitrogen and oxygen atoms in total. The summed E-state index contributed by atoms with van der Waals surface area (Å²) in [5.41, 5.74) is 0.254. The third-order valence-electron chi connectivity index (χ3n) is 4.22. The van der Waals surface area contributed by atoms with E-state index in [9.17, 15) is 13.2 Å². The molecule has 0 aliphatic rings. The van der Waals surface area contributed by atoms with Crippen molar-refractivity contribution in [3.05, 3.63) is 21.9 Å². The van der Waals surface area contributed by atoms with Gasteiger partial charge in [-0.3, -0.25) is 0 Å². The van der Waals surface area contributed by atoms with Crippen LogP contribution in [0.25, 0.3) is 0 Å². The molecular weight excluding hydrogens is 425 g/mol. The maximum Gasteiger partial charge on any atom is 0.408 e. The highest BCUT2D eigenvalue weighted by molar-refractivity contribution is 9.10. The summed E-state index contributed by atoms with van der Waals surface area (Å²) in [7, 11) is -2.08. The summed E-state index contributed by atoms with van der Waals surface area (Å²) < 4.78 is 46.2. The number of nitrogens with zero attached hydrogens (tertiary/aromatic N) is 1. The molecule has 1 atom stereocenters. The number of anilines is 1. The summed E-state index contributed by atoms with van der Waals surface area (Å²) in [5.74, 6) is 0. The van der Waals surface area contributed by atoms with Crippen molar-refractivity contribution in [2.75, 3.05) is 11.9 Å². The van der Waals surface area contributed by atoms with Gasteiger partial charge >= 0.3 is 6.18 Å². The minimum absolute atomic E-state index is 0.0457. The maximum absolute atomic E-state index is 13.3. The lowest BCUT2D eigenvalue weighted by Crippen LogP contribution is -2.43. The largest absolute Gasteiger partial charge is 0.417 e. The minimum atomic E-state index is -4.40. The van der Waals surface area contributed by atoms with E-state index in [-0.39, 0.29) is 28.9 Å². The zero-order valence-electron chi connectivity index (χ0n) is 14.4. The van der Waals surface area contributed by atoms with Crippen molar-refractivity contribution in [3.8, 4) is 0 Å². The van der Waals surface area contributed by atoms with Crippen LogP contribution >= 0.6 is 27.5 Å². The molecule has 0 aromatic carbocycles. The summed E-state index contributed by atoms with van der Waals surface area (Å²) >= 11 is 8.93. The molecule has 1 unspecified atom stereocenters. The topological polar surface area (TPSA) is 34.1 Å². The summed E-state index contributed by atoms with van der Waals surface area (Å²) in [5, 5.41) is 2.57. The number of nitrogens with one attached hydrogen (secondary N) is 1. The van der Waals surface area contributed by atoms with Gasteiger partial charge in [0.2, 0.25) is 0 Å². The predicted octanol–water partition coefficient (Wildman–Crippen LogP) is 6.25. The van der Waals surface area contributed by atoms with Crippen LogP contribution < -0.4 is 5.32 Å². The van der Waals surface area contributed by atoms with E-state index in [4.69, 9.17) is 16.0 Å². The molecule has 1 rings (SSSR count). The molecule has 0 saturated carbocycles. The molecule has 0 spiro atoms. The average Bonchev–Trinajstić information content (AvgIpc) is 2.39. The van der Waals surface area contributed by atoms with Gasteiger partial charge in [-0.2, -0.15) is 13.2 Å². The van der Waals surface area contributed by atoms with Gasteiger partial charge in [-0.25, -0.2) is 4.98 Å². The van der Waals surface area contributed by atoms with E-state index in [1.807, 2.05) is 13.1 Å². The highest BCUT2D eigenvalue weighted by atomic mass is 79.9. The molecule has 0 amide bonds. The van der Waals surface area contributed by atoms with Gasteiger partial charge < -0.3 is 9.74 Å². The highest BCUT2D eigenvalue weighted by Crippen LogP contribution is 2.37. The fourth-order valence-corrected chi connectivity index (χ4v) is 3.23. The molecule has 0 radical (unpaired) electrons. The Morgan fingerprint density at radius 1 is 1.33 bits per heavy atom. The lowest BCUT2D eigenvalue weighted by Gasteiger charge is -2.36. The Labute approximate surface area is 155 Å². The summed E-state index contributed by atoms with van der Waals surface area (Å²) in [6.07, 6.45) is -3.21. The third kappa shape index (κ3) is 6.20. The number of pyridine rings is 1. The van der Waals surface area contributed by atoms with E-state index in [1.54, 1.807) is 0 Å². The smallest absolute Gasteiger partial charge is 0.408 e. The molecule has 0 saturated heterocycles. The normalized spacial score (nSPS) is 14.6. The quantitative estimate of drug-likeness (QED) is 0.413. The molecule has 0 aliphatic heterocycles. The van der Waals surface area contributed by atoms with Crippen molar-refractivity contribution in [1.29, 1.82) is 0 Å². The lowest BCUT2D eigenvalue weighted by molar-refractivity contribution is -0.145. The molecule has 9 heteroatoms. The fraction of sp³-hybridized carbons (Fsp3) is 0.667. The van der Waals surface area contributed by atoms with Crippen LogP contribution in [-0.2, 0) is 4.43 Å². The van der Waals surface area contributed by atoms with E-state index in [0.29, 0.717) is 4.47 Å². The first kappa shape index (κ1) is 21.7. The van der Waals surface area contributed by atoms with Crippen LogP contribution in [0.1, 0.15) is 27.2 Å². The van der Waals surface area contributed by atoms with E-state index < -0.39 is 20.5 Å². The zero-order chi connectivity index (χ0) is 18.8. The van der Waals surface area contributed by atoms with Gasteiger partial charge in [0.05, 0.1) is 10.2 Å². The summed E-state index contributed by atoms with van der Waals surface area (Å²) in [6, 6.07) is -0.365. The number of hydrogen-bond donors (Lipinski definition) is 1. The van der Waals surface area contributed by atoms with Gasteiger partial charge in [0.15, 0.2) is 8.32 Å². The molecule has 0 fully saturated rings. The van der Waals surface area contributed by atoms with Crippen molar-refractivity contribution in [1.82, 2.24) is 4.98 Å². The van der Waals surface area contributed by atoms with Gasteiger partial charge in [-0.1, -0.05) is 32.4 Å².